The molecular formula is C23H25ClFN5O. The number of benzene rings is 2. The third kappa shape index (κ3) is 5.48. The number of likely N-dealkylation sites (tertiary alicyclic amines) is 1. The molecule has 31 heavy (non-hydrogen) atoms. The molecule has 1 saturated heterocycles. The van der Waals surface area contributed by atoms with Gasteiger partial charge in [0, 0.05) is 29.7 Å². The number of hydrogen-bond donors (Lipinski definition) is 2. The van der Waals surface area contributed by atoms with Crippen LogP contribution in [0.25, 0.3) is 10.9 Å². The molecule has 2 N–H and O–H groups in total. The quantitative estimate of drug-likeness (QED) is 0.544. The summed E-state index contributed by atoms with van der Waals surface area (Å²) in [6.45, 7) is 4.73. The molecular weight excluding hydrogens is 417 g/mol. The van der Waals surface area contributed by atoms with E-state index in [0.717, 1.165) is 30.5 Å². The lowest BCUT2D eigenvalue weighted by Crippen LogP contribution is -2.32. The van der Waals surface area contributed by atoms with Crippen molar-refractivity contribution in [2.75, 3.05) is 30.3 Å². The van der Waals surface area contributed by atoms with Crippen molar-refractivity contribution in [1.82, 2.24) is 14.9 Å². The number of anilines is 3. The van der Waals surface area contributed by atoms with Gasteiger partial charge in [-0.15, -0.1) is 0 Å². The van der Waals surface area contributed by atoms with Crippen LogP contribution in [-0.2, 0) is 4.79 Å². The molecule has 2 heterocycles. The molecule has 0 unspecified atom stereocenters. The number of carbonyl (C=O) groups is 1. The lowest BCUT2D eigenvalue weighted by molar-refractivity contribution is -0.116. The number of nitrogens with one attached hydrogen (secondary N) is 2. The predicted molar refractivity (Wildman–Crippen MR) is 123 cm³/mol. The van der Waals surface area contributed by atoms with Gasteiger partial charge < -0.3 is 15.5 Å². The van der Waals surface area contributed by atoms with Gasteiger partial charge in [-0.25, -0.2) is 14.4 Å². The highest BCUT2D eigenvalue weighted by atomic mass is 35.5. The van der Waals surface area contributed by atoms with Crippen LogP contribution >= 0.6 is 11.6 Å². The Bertz CT molecular complexity index is 1100. The molecule has 1 aliphatic rings. The monoisotopic (exact) mass is 441 g/mol. The fourth-order valence-corrected chi connectivity index (χ4v) is 3.97. The van der Waals surface area contributed by atoms with E-state index in [1.807, 2.05) is 18.2 Å². The first kappa shape index (κ1) is 21.5. The van der Waals surface area contributed by atoms with E-state index in [2.05, 4.69) is 25.5 Å². The average molecular weight is 442 g/mol. The average Bonchev–Trinajstić information content (AvgIpc) is 2.76. The van der Waals surface area contributed by atoms with E-state index in [0.29, 0.717) is 29.4 Å². The van der Waals surface area contributed by atoms with Gasteiger partial charge in [0.15, 0.2) is 0 Å². The molecule has 1 fully saturated rings. The Kier molecular flexibility index (Phi) is 6.63. The molecule has 162 valence electrons. The van der Waals surface area contributed by atoms with Crippen molar-refractivity contribution < 1.29 is 9.18 Å². The van der Waals surface area contributed by atoms with Crippen LogP contribution in [0.5, 0.6) is 0 Å². The van der Waals surface area contributed by atoms with Crippen LogP contribution in [0.3, 0.4) is 0 Å². The van der Waals surface area contributed by atoms with Crippen LogP contribution < -0.4 is 10.6 Å². The molecule has 0 spiro atoms. The highest BCUT2D eigenvalue weighted by Gasteiger charge is 2.13. The number of nitrogens with zero attached hydrogens (tertiary/aromatic N) is 3. The minimum atomic E-state index is -0.481. The maximum Gasteiger partial charge on any atom is 0.225 e. The SMILES string of the molecule is Cc1nc(Nc2ccc(F)c(Cl)c2)c2cc(NC(=O)CCN3CCCCC3)ccc2n1. The molecule has 2 aromatic carbocycles. The third-order valence-corrected chi connectivity index (χ3v) is 5.67. The first-order valence-corrected chi connectivity index (χ1v) is 10.9. The van der Waals surface area contributed by atoms with Crippen molar-refractivity contribution >= 4 is 45.6 Å². The Morgan fingerprint density at radius 3 is 2.65 bits per heavy atom. The molecule has 0 aliphatic carbocycles. The van der Waals surface area contributed by atoms with Gasteiger partial charge in [0.2, 0.25) is 5.91 Å². The van der Waals surface area contributed by atoms with E-state index in [4.69, 9.17) is 11.6 Å². The van der Waals surface area contributed by atoms with E-state index < -0.39 is 5.82 Å². The van der Waals surface area contributed by atoms with E-state index in [1.165, 1.54) is 31.4 Å². The number of hydrogen-bond acceptors (Lipinski definition) is 5. The van der Waals surface area contributed by atoms with Crippen LogP contribution in [0.15, 0.2) is 36.4 Å². The molecule has 1 aliphatic heterocycles. The summed E-state index contributed by atoms with van der Waals surface area (Å²) < 4.78 is 13.5. The number of halogens is 2. The third-order valence-electron chi connectivity index (χ3n) is 5.38. The molecule has 8 heteroatoms. The molecule has 1 amide bonds. The summed E-state index contributed by atoms with van der Waals surface area (Å²) in [6.07, 6.45) is 4.16. The maximum atomic E-state index is 13.5. The number of piperidine rings is 1. The summed E-state index contributed by atoms with van der Waals surface area (Å²) in [7, 11) is 0. The second-order valence-corrected chi connectivity index (χ2v) is 8.21. The molecule has 1 aromatic heterocycles. The van der Waals surface area contributed by atoms with Crippen molar-refractivity contribution in [2.24, 2.45) is 0 Å². The summed E-state index contributed by atoms with van der Waals surface area (Å²) >= 11 is 5.90. The van der Waals surface area contributed by atoms with Gasteiger partial charge in [0.1, 0.15) is 17.5 Å². The Balaban J connectivity index is 1.51. The second kappa shape index (κ2) is 9.58. The second-order valence-electron chi connectivity index (χ2n) is 7.81. The standard InChI is InChI=1S/C23H25ClFN5O/c1-15-26-21-8-6-16(28-22(31)9-12-30-10-3-2-4-11-30)13-18(21)23(27-15)29-17-5-7-20(25)19(24)14-17/h5-8,13-14H,2-4,9-12H2,1H3,(H,28,31)(H,26,27,29). The summed E-state index contributed by atoms with van der Waals surface area (Å²) in [5, 5.41) is 6.94. The largest absolute Gasteiger partial charge is 0.340 e. The molecule has 0 bridgehead atoms. The van der Waals surface area contributed by atoms with Crippen LogP contribution in [0, 0.1) is 12.7 Å². The topological polar surface area (TPSA) is 70.2 Å². The molecule has 3 aromatic rings. The molecule has 0 saturated carbocycles. The zero-order valence-electron chi connectivity index (χ0n) is 17.4. The lowest BCUT2D eigenvalue weighted by atomic mass is 10.1. The van der Waals surface area contributed by atoms with E-state index in [-0.39, 0.29) is 10.9 Å². The summed E-state index contributed by atoms with van der Waals surface area (Å²) in [5.41, 5.74) is 2.04. The Labute approximate surface area is 185 Å². The molecule has 6 nitrogen and oxygen atoms in total. The van der Waals surface area contributed by atoms with Gasteiger partial charge in [-0.05, 0) is 69.3 Å². The number of rotatable bonds is 6. The van der Waals surface area contributed by atoms with Crippen LogP contribution in [0.2, 0.25) is 5.02 Å². The van der Waals surface area contributed by atoms with E-state index in [1.54, 1.807) is 13.0 Å². The van der Waals surface area contributed by atoms with Crippen molar-refractivity contribution in [3.05, 3.63) is 53.1 Å². The number of amides is 1. The van der Waals surface area contributed by atoms with Gasteiger partial charge in [-0.3, -0.25) is 4.79 Å². The number of carbonyl (C=O) groups excluding carboxylic acids is 1. The van der Waals surface area contributed by atoms with Crippen LogP contribution in [0.1, 0.15) is 31.5 Å². The fourth-order valence-electron chi connectivity index (χ4n) is 3.79. The predicted octanol–water partition coefficient (Wildman–Crippen LogP) is 5.29. The minimum Gasteiger partial charge on any atom is -0.340 e. The molecule has 4 rings (SSSR count). The van der Waals surface area contributed by atoms with E-state index in [9.17, 15) is 9.18 Å². The Hall–Kier alpha value is -2.77. The number of aryl methyl sites for hydroxylation is 1. The first-order chi connectivity index (χ1) is 15.0. The molecule has 0 radical (unpaired) electrons. The van der Waals surface area contributed by atoms with Crippen molar-refractivity contribution in [1.29, 1.82) is 0 Å². The summed E-state index contributed by atoms with van der Waals surface area (Å²) in [5.74, 6) is 0.666. The highest BCUT2D eigenvalue weighted by molar-refractivity contribution is 6.31. The summed E-state index contributed by atoms with van der Waals surface area (Å²) in [4.78, 5) is 23.8. The van der Waals surface area contributed by atoms with Gasteiger partial charge in [-0.1, -0.05) is 18.0 Å². The molecule has 0 atom stereocenters. The van der Waals surface area contributed by atoms with Gasteiger partial charge in [-0.2, -0.15) is 0 Å². The fraction of sp³-hybridized carbons (Fsp3) is 0.348. The smallest absolute Gasteiger partial charge is 0.225 e. The van der Waals surface area contributed by atoms with Crippen LogP contribution in [0.4, 0.5) is 21.6 Å². The number of aromatic nitrogens is 2. The van der Waals surface area contributed by atoms with E-state index >= 15 is 0 Å². The maximum absolute atomic E-state index is 13.5. The van der Waals surface area contributed by atoms with Crippen LogP contribution in [-0.4, -0.2) is 40.4 Å². The highest BCUT2D eigenvalue weighted by Crippen LogP contribution is 2.28. The van der Waals surface area contributed by atoms with Crippen molar-refractivity contribution in [3.63, 3.8) is 0 Å². The Morgan fingerprint density at radius 2 is 1.87 bits per heavy atom. The normalized spacial score (nSPS) is 14.5. The first-order valence-electron chi connectivity index (χ1n) is 10.5. The van der Waals surface area contributed by atoms with Crippen molar-refractivity contribution in [3.8, 4) is 0 Å². The number of fused-ring (bicyclic) bond motifs is 1. The van der Waals surface area contributed by atoms with Gasteiger partial charge >= 0.3 is 0 Å². The Morgan fingerprint density at radius 1 is 1.10 bits per heavy atom. The zero-order valence-corrected chi connectivity index (χ0v) is 18.2. The van der Waals surface area contributed by atoms with Gasteiger partial charge in [0.05, 0.1) is 10.5 Å². The van der Waals surface area contributed by atoms with Crippen molar-refractivity contribution in [2.45, 2.75) is 32.6 Å². The summed E-state index contributed by atoms with van der Waals surface area (Å²) in [6, 6.07) is 9.94. The minimum absolute atomic E-state index is 0.0159. The zero-order chi connectivity index (χ0) is 21.8. The van der Waals surface area contributed by atoms with Gasteiger partial charge in [0.25, 0.3) is 0 Å². The lowest BCUT2D eigenvalue weighted by Gasteiger charge is -2.25.